The molecule has 2 fully saturated rings. The molecule has 1 spiro atoms. The second-order valence-corrected chi connectivity index (χ2v) is 16.1. The molecule has 48 heavy (non-hydrogen) atoms. The number of nitrogens with zero attached hydrogens (tertiary/aromatic N) is 1. The second kappa shape index (κ2) is 13.8. The molecular weight excluding hydrogens is 659 g/mol. The van der Waals surface area contributed by atoms with Crippen molar-refractivity contribution in [1.29, 1.82) is 0 Å². The highest BCUT2D eigenvalue weighted by molar-refractivity contribution is 7.89. The van der Waals surface area contributed by atoms with Crippen LogP contribution in [0.5, 0.6) is 5.75 Å². The predicted molar refractivity (Wildman–Crippen MR) is 178 cm³/mol. The van der Waals surface area contributed by atoms with Crippen LogP contribution >= 0.6 is 0 Å². The summed E-state index contributed by atoms with van der Waals surface area (Å²) in [6.45, 7) is 1.03. The number of hydrogen-bond donors (Lipinski definition) is 5. The van der Waals surface area contributed by atoms with Gasteiger partial charge in [0, 0.05) is 37.3 Å². The van der Waals surface area contributed by atoms with Crippen LogP contribution in [-0.4, -0.2) is 96.3 Å². The van der Waals surface area contributed by atoms with Gasteiger partial charge in [-0.2, -0.15) is 4.31 Å². The van der Waals surface area contributed by atoms with Crippen molar-refractivity contribution in [1.82, 2.24) is 19.7 Å². The summed E-state index contributed by atoms with van der Waals surface area (Å²) in [6, 6.07) is 18.7. The maximum Gasteiger partial charge on any atom is 0.243 e. The second-order valence-electron chi connectivity index (χ2n) is 12.4. The Hall–Kier alpha value is -3.41. The van der Waals surface area contributed by atoms with Crippen molar-refractivity contribution in [3.8, 4) is 16.9 Å². The van der Waals surface area contributed by atoms with E-state index in [1.165, 1.54) is 23.5 Å². The van der Waals surface area contributed by atoms with Gasteiger partial charge < -0.3 is 30.9 Å². The number of nitrogens with two attached hydrogens (primary N) is 1. The lowest BCUT2D eigenvalue weighted by molar-refractivity contribution is -0.120. The van der Waals surface area contributed by atoms with Crippen LogP contribution in [0.2, 0.25) is 0 Å². The third kappa shape index (κ3) is 6.87. The zero-order valence-electron chi connectivity index (χ0n) is 26.6. The lowest BCUT2D eigenvalue weighted by Gasteiger charge is -2.41. The smallest absolute Gasteiger partial charge is 0.243 e. The van der Waals surface area contributed by atoms with Crippen LogP contribution in [0.1, 0.15) is 36.4 Å². The van der Waals surface area contributed by atoms with E-state index in [2.05, 4.69) is 15.4 Å². The molecule has 0 aromatic heterocycles. The number of benzene rings is 3. The molecular formula is C33H41N5O8S2. The Kier molecular flexibility index (Phi) is 9.93. The molecule has 2 bridgehead atoms. The monoisotopic (exact) mass is 699 g/mol. The molecule has 2 aliphatic heterocycles. The number of ether oxygens (including phenoxy) is 2. The SMILES string of the molecule is CNS(=O)(=O)c1cccc(OC[C@@H](O)CNC2COC3(CCN(S(=O)(=O)c4c5ccc(-c6ccccc6)c4C5NC(=O)CN)CC3)C2)c1. The summed E-state index contributed by atoms with van der Waals surface area (Å²) in [5.41, 5.74) is 7.85. The fourth-order valence-electron chi connectivity index (χ4n) is 6.73. The van der Waals surface area contributed by atoms with Crippen molar-refractivity contribution < 1.29 is 36.2 Å². The average molecular weight is 700 g/mol. The van der Waals surface area contributed by atoms with E-state index in [0.29, 0.717) is 55.8 Å². The van der Waals surface area contributed by atoms with E-state index in [-0.39, 0.29) is 41.4 Å². The van der Waals surface area contributed by atoms with Gasteiger partial charge in [0.05, 0.1) is 34.6 Å². The van der Waals surface area contributed by atoms with Gasteiger partial charge in [0.15, 0.2) is 0 Å². The van der Waals surface area contributed by atoms with Crippen molar-refractivity contribution in [3.63, 3.8) is 0 Å². The molecule has 258 valence electrons. The summed E-state index contributed by atoms with van der Waals surface area (Å²) < 4.78 is 67.9. The molecule has 3 atom stereocenters. The Morgan fingerprint density at radius 3 is 2.54 bits per heavy atom. The third-order valence-corrected chi connectivity index (χ3v) is 12.7. The first-order valence-corrected chi connectivity index (χ1v) is 18.8. The number of piperidine rings is 1. The fraction of sp³-hybridized carbons (Fsp3) is 0.424. The fourth-order valence-corrected chi connectivity index (χ4v) is 9.40. The van der Waals surface area contributed by atoms with Gasteiger partial charge in [0.25, 0.3) is 0 Å². The van der Waals surface area contributed by atoms with Gasteiger partial charge in [-0.15, -0.1) is 0 Å². The number of rotatable bonds is 13. The Morgan fingerprint density at radius 1 is 1.08 bits per heavy atom. The van der Waals surface area contributed by atoms with Crippen LogP contribution in [0.3, 0.4) is 0 Å². The quantitative estimate of drug-likeness (QED) is 0.173. The van der Waals surface area contributed by atoms with Crippen LogP contribution < -0.4 is 25.8 Å². The van der Waals surface area contributed by atoms with Crippen molar-refractivity contribution >= 4 is 26.0 Å². The molecule has 2 unspecified atom stereocenters. The van der Waals surface area contributed by atoms with E-state index in [1.54, 1.807) is 18.2 Å². The van der Waals surface area contributed by atoms with Crippen LogP contribution in [-0.2, 0) is 29.6 Å². The number of carbonyl (C=O) groups excluding carboxylic acids is 1. The molecule has 0 saturated carbocycles. The number of amides is 1. The zero-order chi connectivity index (χ0) is 34.1. The molecule has 6 rings (SSSR count). The first-order chi connectivity index (χ1) is 23.0. The minimum absolute atomic E-state index is 0.0292. The number of sulfonamides is 2. The highest BCUT2D eigenvalue weighted by Crippen LogP contribution is 2.50. The maximum absolute atomic E-state index is 14.1. The number of hydrogen-bond acceptors (Lipinski definition) is 10. The van der Waals surface area contributed by atoms with Crippen LogP contribution in [0.15, 0.2) is 76.5 Å². The summed E-state index contributed by atoms with van der Waals surface area (Å²) in [7, 11) is -6.14. The minimum atomic E-state index is -3.86. The van der Waals surface area contributed by atoms with Gasteiger partial charge in [0.2, 0.25) is 26.0 Å². The molecule has 15 heteroatoms. The Balaban J connectivity index is 1.05. The lowest BCUT2D eigenvalue weighted by atomic mass is 9.80. The third-order valence-electron chi connectivity index (χ3n) is 9.31. The van der Waals surface area contributed by atoms with Gasteiger partial charge in [-0.05, 0) is 55.1 Å². The van der Waals surface area contributed by atoms with Gasteiger partial charge in [0.1, 0.15) is 18.5 Å². The van der Waals surface area contributed by atoms with E-state index in [4.69, 9.17) is 15.2 Å². The van der Waals surface area contributed by atoms with Gasteiger partial charge in [-0.3, -0.25) is 4.79 Å². The Morgan fingerprint density at radius 2 is 1.83 bits per heavy atom. The summed E-state index contributed by atoms with van der Waals surface area (Å²) in [5, 5.41) is 16.7. The van der Waals surface area contributed by atoms with Gasteiger partial charge >= 0.3 is 0 Å². The number of fused-ring (bicyclic) bond motifs is 2. The topological polar surface area (TPSA) is 189 Å². The molecule has 3 aliphatic rings. The van der Waals surface area contributed by atoms with E-state index >= 15 is 0 Å². The average Bonchev–Trinajstić information content (AvgIpc) is 3.50. The summed E-state index contributed by atoms with van der Waals surface area (Å²) in [4.78, 5) is 12.5. The molecule has 13 nitrogen and oxygen atoms in total. The normalized spacial score (nSPS) is 21.1. The molecule has 3 aromatic rings. The number of nitrogens with one attached hydrogen (secondary N) is 3. The minimum Gasteiger partial charge on any atom is -0.491 e. The van der Waals surface area contributed by atoms with Crippen molar-refractivity contribution in [2.45, 2.75) is 52.8 Å². The van der Waals surface area contributed by atoms with E-state index in [1.807, 2.05) is 36.4 Å². The lowest BCUT2D eigenvalue weighted by Crippen LogP contribution is -2.49. The molecule has 2 saturated heterocycles. The highest BCUT2D eigenvalue weighted by Gasteiger charge is 2.48. The number of aliphatic hydroxyl groups is 1. The molecule has 1 amide bonds. The molecule has 3 aromatic carbocycles. The van der Waals surface area contributed by atoms with E-state index < -0.39 is 37.8 Å². The Labute approximate surface area is 280 Å². The van der Waals surface area contributed by atoms with Crippen LogP contribution in [0.4, 0.5) is 0 Å². The van der Waals surface area contributed by atoms with Crippen LogP contribution in [0, 0.1) is 0 Å². The first-order valence-electron chi connectivity index (χ1n) is 15.9. The van der Waals surface area contributed by atoms with Gasteiger partial charge in [-0.1, -0.05) is 48.5 Å². The van der Waals surface area contributed by atoms with E-state index in [0.717, 1.165) is 11.1 Å². The predicted octanol–water partition coefficient (Wildman–Crippen LogP) is 1.08. The molecule has 1 aliphatic carbocycles. The van der Waals surface area contributed by atoms with Gasteiger partial charge in [-0.25, -0.2) is 21.6 Å². The molecule has 6 N–H and O–H groups in total. The summed E-state index contributed by atoms with van der Waals surface area (Å²) in [6.07, 6.45) is 0.875. The number of aliphatic hydroxyl groups excluding tert-OH is 1. The summed E-state index contributed by atoms with van der Waals surface area (Å²) >= 11 is 0. The standard InChI is InChI=1S/C33H41N5O8S2/c1-35-47(41,42)26-9-5-8-25(16-26)45-21-24(39)19-36-23-17-33(46-20-23)12-14-38(15-13-33)48(43,44)32-28-11-10-27(22-6-3-2-4-7-22)30(32)31(28)37-29(40)18-34/h2-11,16,23-24,31,35-36,39H,12-15,17-21,34H2,1H3,(H,37,40)/t23?,24-,31?/m0/s1. The van der Waals surface area contributed by atoms with E-state index in [9.17, 15) is 26.7 Å². The van der Waals surface area contributed by atoms with Crippen molar-refractivity contribution in [3.05, 3.63) is 77.9 Å². The highest BCUT2D eigenvalue weighted by atomic mass is 32.2. The first kappa shape index (κ1) is 34.5. The zero-order valence-corrected chi connectivity index (χ0v) is 28.2. The Bertz CT molecular complexity index is 1870. The molecule has 2 heterocycles. The van der Waals surface area contributed by atoms with Crippen molar-refractivity contribution in [2.75, 3.05) is 46.4 Å². The number of carbonyl (C=O) groups is 1. The largest absolute Gasteiger partial charge is 0.491 e. The maximum atomic E-state index is 14.1. The van der Waals surface area contributed by atoms with Crippen molar-refractivity contribution in [2.24, 2.45) is 5.73 Å². The summed E-state index contributed by atoms with van der Waals surface area (Å²) in [5.74, 6) is -0.0278. The molecule has 0 radical (unpaired) electrons. The van der Waals surface area contributed by atoms with Crippen LogP contribution in [0.25, 0.3) is 11.1 Å².